The van der Waals surface area contributed by atoms with Crippen LogP contribution in [0.3, 0.4) is 0 Å². The van der Waals surface area contributed by atoms with Gasteiger partial charge in [0.05, 0.1) is 12.1 Å². The summed E-state index contributed by atoms with van der Waals surface area (Å²) in [4.78, 5) is 41.5. The fourth-order valence-electron chi connectivity index (χ4n) is 4.93. The summed E-state index contributed by atoms with van der Waals surface area (Å²) in [5.41, 5.74) is 4.08. The summed E-state index contributed by atoms with van der Waals surface area (Å²) < 4.78 is 28.2. The molecule has 224 valence electrons. The monoisotopic (exact) mass is 593 g/mol. The minimum Gasteiger partial charge on any atom is -0.305 e. The van der Waals surface area contributed by atoms with Gasteiger partial charge in [0.15, 0.2) is 17.4 Å². The first-order valence-electron chi connectivity index (χ1n) is 14.3. The molecule has 9 heteroatoms. The molecule has 0 saturated heterocycles. The van der Waals surface area contributed by atoms with Crippen molar-refractivity contribution in [2.24, 2.45) is 0 Å². The van der Waals surface area contributed by atoms with Gasteiger partial charge in [-0.1, -0.05) is 48.6 Å². The second-order valence-electron chi connectivity index (χ2n) is 11.1. The number of benzene rings is 3. The molecule has 2 aromatic heterocycles. The number of carbonyl (C=O) groups excluding carboxylic acids is 1. The van der Waals surface area contributed by atoms with E-state index in [4.69, 9.17) is 4.98 Å². The number of hydrogen-bond donors (Lipinski definition) is 0. The molecule has 0 fully saturated rings. The van der Waals surface area contributed by atoms with Gasteiger partial charge in [0.25, 0.3) is 5.56 Å². The van der Waals surface area contributed by atoms with Crippen molar-refractivity contribution in [3.05, 3.63) is 141 Å². The minimum atomic E-state index is -0.999. The van der Waals surface area contributed by atoms with Gasteiger partial charge in [0.2, 0.25) is 0 Å². The van der Waals surface area contributed by atoms with E-state index in [0.29, 0.717) is 24.2 Å². The van der Waals surface area contributed by atoms with Gasteiger partial charge in [-0.3, -0.25) is 14.2 Å². The number of rotatable bonds is 11. The van der Waals surface area contributed by atoms with E-state index in [-0.39, 0.29) is 24.3 Å². The zero-order valence-corrected chi connectivity index (χ0v) is 24.9. The van der Waals surface area contributed by atoms with Crippen molar-refractivity contribution in [2.45, 2.75) is 39.3 Å². The third-order valence-electron chi connectivity index (χ3n) is 7.26. The summed E-state index contributed by atoms with van der Waals surface area (Å²) in [5.74, 6) is -1.17. The maximum atomic E-state index is 13.6. The highest BCUT2D eigenvalue weighted by Crippen LogP contribution is 2.17. The van der Waals surface area contributed by atoms with E-state index in [1.165, 1.54) is 22.4 Å². The number of ketones is 1. The normalized spacial score (nSPS) is 11.6. The van der Waals surface area contributed by atoms with Gasteiger partial charge in [0, 0.05) is 37.2 Å². The zero-order chi connectivity index (χ0) is 31.2. The minimum absolute atomic E-state index is 0.0206. The first-order valence-corrected chi connectivity index (χ1v) is 14.3. The Morgan fingerprint density at radius 3 is 2.41 bits per heavy atom. The molecule has 0 amide bonds. The molecule has 0 unspecified atom stereocenters. The van der Waals surface area contributed by atoms with Crippen molar-refractivity contribution >= 4 is 22.8 Å². The molecule has 44 heavy (non-hydrogen) atoms. The molecule has 0 bridgehead atoms. The quantitative estimate of drug-likeness (QED) is 0.171. The van der Waals surface area contributed by atoms with Crippen molar-refractivity contribution in [3.8, 4) is 0 Å². The number of halogens is 2. The molecule has 0 saturated carbocycles. The smallest absolute Gasteiger partial charge is 0.264 e. The number of Topliss-reactive ketones (excluding diaryl/α,β-unsaturated/α-hetero) is 1. The third-order valence-corrected chi connectivity index (χ3v) is 7.26. The van der Waals surface area contributed by atoms with Crippen molar-refractivity contribution in [2.75, 3.05) is 14.1 Å². The predicted molar refractivity (Wildman–Crippen MR) is 167 cm³/mol. The van der Waals surface area contributed by atoms with Crippen LogP contribution in [0.1, 0.15) is 57.1 Å². The fourth-order valence-corrected chi connectivity index (χ4v) is 4.93. The Morgan fingerprint density at radius 1 is 0.909 bits per heavy atom. The van der Waals surface area contributed by atoms with E-state index in [9.17, 15) is 18.4 Å². The van der Waals surface area contributed by atoms with E-state index < -0.39 is 17.2 Å². The number of hydrogen-bond acceptors (Lipinski definition) is 6. The van der Waals surface area contributed by atoms with Gasteiger partial charge in [-0.05, 0) is 74.0 Å². The second-order valence-corrected chi connectivity index (χ2v) is 11.1. The molecule has 0 atom stereocenters. The molecular formula is C35H33F2N5O2. The van der Waals surface area contributed by atoms with Crippen LogP contribution in [0, 0.1) is 18.6 Å². The number of aryl methyl sites for hydroxylation is 1. The number of fused-ring (bicyclic) bond motifs is 1. The lowest BCUT2D eigenvalue weighted by atomic mass is 10.1. The fraction of sp³-hybridized carbons (Fsp3) is 0.229. The van der Waals surface area contributed by atoms with Crippen molar-refractivity contribution < 1.29 is 13.6 Å². The lowest BCUT2D eigenvalue weighted by Crippen LogP contribution is -2.29. The highest BCUT2D eigenvalue weighted by atomic mass is 19.2. The maximum Gasteiger partial charge on any atom is 0.264 e. The lowest BCUT2D eigenvalue weighted by Gasteiger charge is -2.11. The van der Waals surface area contributed by atoms with Gasteiger partial charge < -0.3 is 4.90 Å². The second kappa shape index (κ2) is 13.6. The molecule has 0 aliphatic carbocycles. The Labute approximate surface area is 254 Å². The number of nitrogens with zero attached hydrogens (tertiary/aromatic N) is 5. The molecular weight excluding hydrogens is 560 g/mol. The highest BCUT2D eigenvalue weighted by molar-refractivity contribution is 5.95. The third kappa shape index (κ3) is 7.54. The zero-order valence-electron chi connectivity index (χ0n) is 24.9. The van der Waals surface area contributed by atoms with Crippen LogP contribution in [0.25, 0.3) is 17.0 Å². The molecule has 2 heterocycles. The molecule has 7 nitrogen and oxygen atoms in total. The van der Waals surface area contributed by atoms with E-state index >= 15 is 0 Å². The molecule has 0 N–H and O–H groups in total. The largest absolute Gasteiger partial charge is 0.305 e. The van der Waals surface area contributed by atoms with Crippen LogP contribution in [0.15, 0.2) is 83.9 Å². The van der Waals surface area contributed by atoms with Crippen LogP contribution in [0.5, 0.6) is 0 Å². The summed E-state index contributed by atoms with van der Waals surface area (Å²) in [5, 5.41) is 0.917. The SMILES string of the molecule is Cc1ncc(C(=O)CC/C=C/c2ccc3nc(Cc4ccc(CN(C)C)cc4)ncc3c2)c(=O)n1Cc1ccc(F)c(F)c1. The molecule has 3 aromatic carbocycles. The molecule has 0 radical (unpaired) electrons. The highest BCUT2D eigenvalue weighted by Gasteiger charge is 2.15. The standard InChI is InChI=1S/C35H33F2N5O2/c1-23-38-20-29(35(44)42(23)22-27-12-14-30(36)31(37)17-27)33(43)7-5-4-6-24-13-15-32-28(16-24)19-39-34(40-32)18-25-8-10-26(11-9-25)21-41(2)3/h4,6,8-17,19-20H,5,7,18,21-22H2,1-3H3/b6-4+. The molecule has 5 aromatic rings. The average molecular weight is 594 g/mol. The van der Waals surface area contributed by atoms with Gasteiger partial charge in [-0.25, -0.2) is 23.7 Å². The first kappa shape index (κ1) is 30.6. The van der Waals surface area contributed by atoms with Crippen LogP contribution in [-0.2, 0) is 19.5 Å². The first-order chi connectivity index (χ1) is 21.2. The van der Waals surface area contributed by atoms with Gasteiger partial charge in [0.1, 0.15) is 17.2 Å². The number of allylic oxidation sites excluding steroid dienone is 1. The molecule has 0 aliphatic heterocycles. The van der Waals surface area contributed by atoms with Gasteiger partial charge >= 0.3 is 0 Å². The summed E-state index contributed by atoms with van der Waals surface area (Å²) >= 11 is 0. The summed E-state index contributed by atoms with van der Waals surface area (Å²) in [6.45, 7) is 2.50. The van der Waals surface area contributed by atoms with E-state index in [1.807, 2.05) is 50.6 Å². The topological polar surface area (TPSA) is 81.0 Å². The number of carbonyl (C=O) groups is 1. The average Bonchev–Trinajstić information content (AvgIpc) is 3.00. The molecule has 5 rings (SSSR count). The van der Waals surface area contributed by atoms with Crippen molar-refractivity contribution in [1.82, 2.24) is 24.4 Å². The van der Waals surface area contributed by atoms with Crippen LogP contribution in [-0.4, -0.2) is 44.3 Å². The molecule has 0 spiro atoms. The van der Waals surface area contributed by atoms with Crippen LogP contribution in [0.4, 0.5) is 8.78 Å². The Bertz CT molecular complexity index is 1900. The van der Waals surface area contributed by atoms with Crippen LogP contribution < -0.4 is 5.56 Å². The predicted octanol–water partition coefficient (Wildman–Crippen LogP) is 6.15. The summed E-state index contributed by atoms with van der Waals surface area (Å²) in [7, 11) is 4.10. The maximum absolute atomic E-state index is 13.6. The Kier molecular flexibility index (Phi) is 9.45. The summed E-state index contributed by atoms with van der Waals surface area (Å²) in [6, 6.07) is 17.9. The van der Waals surface area contributed by atoms with Gasteiger partial charge in [-0.2, -0.15) is 0 Å². The van der Waals surface area contributed by atoms with Crippen LogP contribution >= 0.6 is 0 Å². The number of aromatic nitrogens is 4. The summed E-state index contributed by atoms with van der Waals surface area (Å²) in [6.07, 6.45) is 8.12. The Morgan fingerprint density at radius 2 is 1.66 bits per heavy atom. The Balaban J connectivity index is 1.19. The lowest BCUT2D eigenvalue weighted by molar-refractivity contribution is 0.0981. The van der Waals surface area contributed by atoms with E-state index in [1.54, 1.807) is 6.92 Å². The van der Waals surface area contributed by atoms with E-state index in [2.05, 4.69) is 39.1 Å². The van der Waals surface area contributed by atoms with Crippen molar-refractivity contribution in [3.63, 3.8) is 0 Å². The van der Waals surface area contributed by atoms with Crippen molar-refractivity contribution in [1.29, 1.82) is 0 Å². The van der Waals surface area contributed by atoms with E-state index in [0.717, 1.165) is 46.5 Å². The Hall–Kier alpha value is -4.89. The van der Waals surface area contributed by atoms with Crippen LogP contribution in [0.2, 0.25) is 0 Å². The van der Waals surface area contributed by atoms with Gasteiger partial charge in [-0.15, -0.1) is 0 Å². The molecule has 0 aliphatic rings.